The standard InChI is InChI=1S/C24H32N2O3S/c1-6-22(24(28)25-4)26(14-19-7-9-21(29-5)10-8-19)23(27)16-30-15-20-12-17(2)11-18(3)13-20/h7-13,22H,6,14-16H2,1-5H3,(H,25,28). The number of thioether (sulfide) groups is 1. The quantitative estimate of drug-likeness (QED) is 0.619. The molecule has 0 aliphatic heterocycles. The zero-order valence-electron chi connectivity index (χ0n) is 18.5. The largest absolute Gasteiger partial charge is 0.497 e. The summed E-state index contributed by atoms with van der Waals surface area (Å²) in [4.78, 5) is 27.2. The first-order valence-corrected chi connectivity index (χ1v) is 11.3. The van der Waals surface area contributed by atoms with Crippen molar-refractivity contribution in [2.75, 3.05) is 19.9 Å². The summed E-state index contributed by atoms with van der Waals surface area (Å²) in [5, 5.41) is 2.69. The first-order valence-electron chi connectivity index (χ1n) is 10.2. The van der Waals surface area contributed by atoms with Crippen LogP contribution >= 0.6 is 11.8 Å². The third-order valence-electron chi connectivity index (χ3n) is 4.92. The summed E-state index contributed by atoms with van der Waals surface area (Å²) in [5.41, 5.74) is 4.63. The molecule has 162 valence electrons. The summed E-state index contributed by atoms with van der Waals surface area (Å²) in [6.45, 7) is 6.48. The molecule has 0 aliphatic carbocycles. The number of likely N-dealkylation sites (N-methyl/N-ethyl adjacent to an activating group) is 1. The number of hydrogen-bond donors (Lipinski definition) is 1. The highest BCUT2D eigenvalue weighted by Crippen LogP contribution is 2.20. The van der Waals surface area contributed by atoms with Crippen molar-refractivity contribution in [2.45, 2.75) is 45.5 Å². The fraction of sp³-hybridized carbons (Fsp3) is 0.417. The van der Waals surface area contributed by atoms with Gasteiger partial charge in [-0.1, -0.05) is 48.4 Å². The van der Waals surface area contributed by atoms with Gasteiger partial charge in [0.25, 0.3) is 0 Å². The molecular formula is C24H32N2O3S. The molecule has 1 atom stereocenters. The van der Waals surface area contributed by atoms with Crippen LogP contribution in [0.1, 0.15) is 35.6 Å². The van der Waals surface area contributed by atoms with Gasteiger partial charge in [-0.05, 0) is 43.5 Å². The number of ether oxygens (including phenoxy) is 1. The van der Waals surface area contributed by atoms with Gasteiger partial charge in [-0.15, -0.1) is 11.8 Å². The number of benzene rings is 2. The van der Waals surface area contributed by atoms with Crippen molar-refractivity contribution in [3.63, 3.8) is 0 Å². The summed E-state index contributed by atoms with van der Waals surface area (Å²) in [6.07, 6.45) is 0.559. The number of amides is 2. The number of aryl methyl sites for hydroxylation is 2. The Kier molecular flexibility index (Phi) is 9.24. The predicted molar refractivity (Wildman–Crippen MR) is 124 cm³/mol. The van der Waals surface area contributed by atoms with Crippen molar-refractivity contribution >= 4 is 23.6 Å². The molecule has 2 rings (SSSR count). The van der Waals surface area contributed by atoms with Gasteiger partial charge >= 0.3 is 0 Å². The zero-order chi connectivity index (χ0) is 22.1. The molecule has 5 nitrogen and oxygen atoms in total. The van der Waals surface area contributed by atoms with Gasteiger partial charge in [0.15, 0.2) is 0 Å². The van der Waals surface area contributed by atoms with E-state index in [1.807, 2.05) is 31.2 Å². The van der Waals surface area contributed by atoms with E-state index in [9.17, 15) is 9.59 Å². The van der Waals surface area contributed by atoms with E-state index in [1.54, 1.807) is 30.8 Å². The first-order chi connectivity index (χ1) is 14.4. The molecule has 0 aromatic heterocycles. The molecule has 2 amide bonds. The van der Waals surface area contributed by atoms with Crippen molar-refractivity contribution in [3.8, 4) is 5.75 Å². The molecule has 1 N–H and O–H groups in total. The van der Waals surface area contributed by atoms with Gasteiger partial charge in [0.05, 0.1) is 12.9 Å². The summed E-state index contributed by atoms with van der Waals surface area (Å²) < 4.78 is 5.21. The second kappa shape index (κ2) is 11.6. The van der Waals surface area contributed by atoms with Gasteiger partial charge in [-0.25, -0.2) is 0 Å². The molecule has 0 bridgehead atoms. The van der Waals surface area contributed by atoms with E-state index >= 15 is 0 Å². The molecular weight excluding hydrogens is 396 g/mol. The van der Waals surface area contributed by atoms with E-state index < -0.39 is 6.04 Å². The number of hydrogen-bond acceptors (Lipinski definition) is 4. The lowest BCUT2D eigenvalue weighted by Crippen LogP contribution is -2.48. The van der Waals surface area contributed by atoms with Crippen LogP contribution in [0.3, 0.4) is 0 Å². The van der Waals surface area contributed by atoms with Crippen LogP contribution < -0.4 is 10.1 Å². The predicted octanol–water partition coefficient (Wildman–Crippen LogP) is 4.10. The fourth-order valence-electron chi connectivity index (χ4n) is 3.51. The van der Waals surface area contributed by atoms with Gasteiger partial charge in [-0.2, -0.15) is 0 Å². The molecule has 0 fully saturated rings. The molecule has 0 saturated heterocycles. The maximum absolute atomic E-state index is 13.1. The average Bonchev–Trinajstić information content (AvgIpc) is 2.73. The average molecular weight is 429 g/mol. The van der Waals surface area contributed by atoms with E-state index in [-0.39, 0.29) is 11.8 Å². The Hall–Kier alpha value is -2.47. The van der Waals surface area contributed by atoms with E-state index in [1.165, 1.54) is 16.7 Å². The lowest BCUT2D eigenvalue weighted by atomic mass is 10.1. The van der Waals surface area contributed by atoms with E-state index in [0.717, 1.165) is 17.1 Å². The smallest absolute Gasteiger partial charge is 0.242 e. The number of nitrogens with one attached hydrogen (secondary N) is 1. The highest BCUT2D eigenvalue weighted by Gasteiger charge is 2.27. The lowest BCUT2D eigenvalue weighted by Gasteiger charge is -2.30. The highest BCUT2D eigenvalue weighted by molar-refractivity contribution is 7.99. The summed E-state index contributed by atoms with van der Waals surface area (Å²) in [7, 11) is 3.23. The maximum atomic E-state index is 13.1. The Morgan fingerprint density at radius 1 is 1.07 bits per heavy atom. The van der Waals surface area contributed by atoms with Gasteiger partial charge in [-0.3, -0.25) is 9.59 Å². The minimum atomic E-state index is -0.494. The molecule has 2 aromatic carbocycles. The van der Waals surface area contributed by atoms with Crippen LogP contribution in [-0.2, 0) is 21.9 Å². The minimum absolute atomic E-state index is 0.0318. The summed E-state index contributed by atoms with van der Waals surface area (Å²) >= 11 is 1.58. The van der Waals surface area contributed by atoms with Crippen LogP contribution in [0.15, 0.2) is 42.5 Å². The summed E-state index contributed by atoms with van der Waals surface area (Å²) in [5.74, 6) is 1.69. The molecule has 0 aliphatic rings. The molecule has 0 radical (unpaired) electrons. The van der Waals surface area contributed by atoms with Crippen LogP contribution in [0.4, 0.5) is 0 Å². The number of carbonyl (C=O) groups is 2. The normalized spacial score (nSPS) is 11.6. The van der Waals surface area contributed by atoms with Crippen molar-refractivity contribution in [1.29, 1.82) is 0 Å². The molecule has 2 aromatic rings. The second-order valence-corrected chi connectivity index (χ2v) is 8.38. The summed E-state index contributed by atoms with van der Waals surface area (Å²) in [6, 6.07) is 13.5. The van der Waals surface area contributed by atoms with Gasteiger partial charge < -0.3 is 15.0 Å². The molecule has 6 heteroatoms. The Morgan fingerprint density at radius 2 is 1.70 bits per heavy atom. The van der Waals surface area contributed by atoms with E-state index in [2.05, 4.69) is 37.4 Å². The monoisotopic (exact) mass is 428 g/mol. The van der Waals surface area contributed by atoms with Crippen LogP contribution in [0.5, 0.6) is 5.75 Å². The Balaban J connectivity index is 2.10. The van der Waals surface area contributed by atoms with Crippen LogP contribution in [-0.4, -0.2) is 42.7 Å². The van der Waals surface area contributed by atoms with Crippen LogP contribution in [0.2, 0.25) is 0 Å². The molecule has 0 saturated carbocycles. The molecule has 0 spiro atoms. The number of carbonyl (C=O) groups excluding carboxylic acids is 2. The number of rotatable bonds is 10. The van der Waals surface area contributed by atoms with Crippen LogP contribution in [0, 0.1) is 13.8 Å². The van der Waals surface area contributed by atoms with E-state index in [4.69, 9.17) is 4.74 Å². The molecule has 1 unspecified atom stereocenters. The third kappa shape index (κ3) is 6.80. The Labute approximate surface area is 184 Å². The topological polar surface area (TPSA) is 58.6 Å². The fourth-order valence-corrected chi connectivity index (χ4v) is 4.35. The maximum Gasteiger partial charge on any atom is 0.242 e. The highest BCUT2D eigenvalue weighted by atomic mass is 32.2. The van der Waals surface area contributed by atoms with E-state index in [0.29, 0.717) is 18.7 Å². The second-order valence-electron chi connectivity index (χ2n) is 7.40. The Morgan fingerprint density at radius 3 is 2.23 bits per heavy atom. The Bertz CT molecular complexity index is 832. The van der Waals surface area contributed by atoms with Crippen molar-refractivity contribution < 1.29 is 14.3 Å². The molecule has 30 heavy (non-hydrogen) atoms. The van der Waals surface area contributed by atoms with Gasteiger partial charge in [0.1, 0.15) is 11.8 Å². The lowest BCUT2D eigenvalue weighted by molar-refractivity contribution is -0.139. The minimum Gasteiger partial charge on any atom is -0.497 e. The third-order valence-corrected chi connectivity index (χ3v) is 5.91. The first kappa shape index (κ1) is 23.8. The van der Waals surface area contributed by atoms with Crippen LogP contribution in [0.25, 0.3) is 0 Å². The zero-order valence-corrected chi connectivity index (χ0v) is 19.3. The van der Waals surface area contributed by atoms with Crippen molar-refractivity contribution in [3.05, 3.63) is 64.7 Å². The van der Waals surface area contributed by atoms with Gasteiger partial charge in [0.2, 0.25) is 11.8 Å². The van der Waals surface area contributed by atoms with Gasteiger partial charge in [0, 0.05) is 19.3 Å². The number of methoxy groups -OCH3 is 1. The SMILES string of the molecule is CCC(C(=O)NC)N(Cc1ccc(OC)cc1)C(=O)CSCc1cc(C)cc(C)c1. The number of nitrogens with zero attached hydrogens (tertiary/aromatic N) is 1. The molecule has 0 heterocycles. The van der Waals surface area contributed by atoms with Crippen molar-refractivity contribution in [2.24, 2.45) is 0 Å². The van der Waals surface area contributed by atoms with Crippen molar-refractivity contribution in [1.82, 2.24) is 10.2 Å².